The third kappa shape index (κ3) is 4.11. The van der Waals surface area contributed by atoms with Crippen LogP contribution in [0.15, 0.2) is 29.3 Å². The summed E-state index contributed by atoms with van der Waals surface area (Å²) in [5.74, 6) is 1.99. The van der Waals surface area contributed by atoms with Crippen molar-refractivity contribution in [1.82, 2.24) is 25.1 Å². The zero-order chi connectivity index (χ0) is 19.3. The van der Waals surface area contributed by atoms with Gasteiger partial charge in [0.1, 0.15) is 11.9 Å². The minimum Gasteiger partial charge on any atom is -0.368 e. The van der Waals surface area contributed by atoms with Crippen LogP contribution < -0.4 is 5.32 Å². The summed E-state index contributed by atoms with van der Waals surface area (Å²) in [4.78, 5) is 29.0. The molecule has 1 atom stereocenters. The molecule has 28 heavy (non-hydrogen) atoms. The molecule has 3 heterocycles. The normalized spacial score (nSPS) is 20.8. The van der Waals surface area contributed by atoms with Gasteiger partial charge in [0.15, 0.2) is 5.96 Å². The molecule has 0 bridgehead atoms. The summed E-state index contributed by atoms with van der Waals surface area (Å²) in [6.45, 7) is 4.44. The number of hydrogen-bond donors (Lipinski definition) is 2. The van der Waals surface area contributed by atoms with Gasteiger partial charge in [0.25, 0.3) is 5.91 Å². The molecule has 2 saturated heterocycles. The first-order chi connectivity index (χ1) is 13.7. The number of nitrogens with zero attached hydrogens (tertiary/aromatic N) is 4. The summed E-state index contributed by atoms with van der Waals surface area (Å²) in [6.07, 6.45) is 2.40. The van der Waals surface area contributed by atoms with E-state index < -0.39 is 0 Å². The highest BCUT2D eigenvalue weighted by Gasteiger charge is 2.30. The Morgan fingerprint density at radius 3 is 2.79 bits per heavy atom. The molecule has 2 fully saturated rings. The molecule has 1 amide bonds. The number of fused-ring (bicyclic) bond motifs is 1. The first-order valence-corrected chi connectivity index (χ1v) is 10.0. The van der Waals surface area contributed by atoms with Gasteiger partial charge in [-0.3, -0.25) is 9.79 Å². The third-order valence-corrected chi connectivity index (χ3v) is 5.39. The number of carbonyl (C=O) groups is 1. The number of nitrogens with one attached hydrogen (secondary N) is 2. The van der Waals surface area contributed by atoms with Crippen molar-refractivity contribution in [3.8, 4) is 0 Å². The Morgan fingerprint density at radius 1 is 1.29 bits per heavy atom. The fourth-order valence-corrected chi connectivity index (χ4v) is 3.86. The Kier molecular flexibility index (Phi) is 5.76. The molecule has 0 radical (unpaired) electrons. The number of aromatic amines is 1. The maximum absolute atomic E-state index is 12.5. The fourth-order valence-electron chi connectivity index (χ4n) is 3.86. The number of piperazine rings is 1. The van der Waals surface area contributed by atoms with Gasteiger partial charge in [-0.1, -0.05) is 12.1 Å². The van der Waals surface area contributed by atoms with Gasteiger partial charge in [-0.05, 0) is 25.0 Å². The predicted octanol–water partition coefficient (Wildman–Crippen LogP) is 1.00. The van der Waals surface area contributed by atoms with E-state index in [4.69, 9.17) is 4.74 Å². The van der Waals surface area contributed by atoms with Crippen LogP contribution >= 0.6 is 0 Å². The molecule has 2 aromatic rings. The summed E-state index contributed by atoms with van der Waals surface area (Å²) in [5.41, 5.74) is 2.06. The lowest BCUT2D eigenvalue weighted by atomic mass is 10.2. The van der Waals surface area contributed by atoms with Gasteiger partial charge in [0, 0.05) is 52.8 Å². The molecule has 0 spiro atoms. The minimum atomic E-state index is -0.229. The average Bonchev–Trinajstić information content (AvgIpc) is 3.40. The van der Waals surface area contributed by atoms with Crippen molar-refractivity contribution in [3.63, 3.8) is 0 Å². The molecule has 4 rings (SSSR count). The van der Waals surface area contributed by atoms with Crippen molar-refractivity contribution in [2.75, 3.05) is 46.4 Å². The number of rotatable bonds is 4. The fraction of sp³-hybridized carbons (Fsp3) is 0.550. The van der Waals surface area contributed by atoms with Crippen LogP contribution in [0.2, 0.25) is 0 Å². The molecular formula is C20H28N6O2. The van der Waals surface area contributed by atoms with Gasteiger partial charge < -0.3 is 24.8 Å². The van der Waals surface area contributed by atoms with Crippen LogP contribution in [0.4, 0.5) is 0 Å². The monoisotopic (exact) mass is 384 g/mol. The molecule has 0 saturated carbocycles. The van der Waals surface area contributed by atoms with E-state index in [-0.39, 0.29) is 12.0 Å². The standard InChI is InChI=1S/C20H28N6O2/c1-21-20(22-9-8-18-23-15-5-2-3-6-16(15)24-18)26-12-10-25(11-13-26)19(27)17-7-4-14-28-17/h2-3,5-6,17H,4,7-14H2,1H3,(H,21,22)(H,23,24). The molecule has 0 aliphatic carbocycles. The third-order valence-electron chi connectivity index (χ3n) is 5.39. The Hall–Kier alpha value is -2.61. The van der Waals surface area contributed by atoms with Crippen LogP contribution in [0.1, 0.15) is 18.7 Å². The number of H-pyrrole nitrogens is 1. The van der Waals surface area contributed by atoms with Crippen molar-refractivity contribution in [2.45, 2.75) is 25.4 Å². The largest absolute Gasteiger partial charge is 0.368 e. The summed E-state index contributed by atoms with van der Waals surface area (Å²) in [7, 11) is 1.80. The van der Waals surface area contributed by atoms with E-state index in [0.29, 0.717) is 19.7 Å². The molecule has 150 valence electrons. The van der Waals surface area contributed by atoms with E-state index in [1.54, 1.807) is 7.05 Å². The van der Waals surface area contributed by atoms with Crippen LogP contribution in [0, 0.1) is 0 Å². The molecule has 2 aliphatic heterocycles. The van der Waals surface area contributed by atoms with Crippen molar-refractivity contribution < 1.29 is 9.53 Å². The van der Waals surface area contributed by atoms with Gasteiger partial charge in [-0.2, -0.15) is 0 Å². The van der Waals surface area contributed by atoms with E-state index in [1.165, 1.54) is 0 Å². The Morgan fingerprint density at radius 2 is 2.07 bits per heavy atom. The van der Waals surface area contributed by atoms with Gasteiger partial charge in [-0.15, -0.1) is 0 Å². The van der Waals surface area contributed by atoms with Gasteiger partial charge in [-0.25, -0.2) is 4.98 Å². The molecule has 1 unspecified atom stereocenters. The lowest BCUT2D eigenvalue weighted by Crippen LogP contribution is -2.55. The molecule has 8 nitrogen and oxygen atoms in total. The molecule has 1 aromatic heterocycles. The number of aromatic nitrogens is 2. The number of para-hydroxylation sites is 2. The van der Waals surface area contributed by atoms with Gasteiger partial charge >= 0.3 is 0 Å². The maximum atomic E-state index is 12.5. The smallest absolute Gasteiger partial charge is 0.251 e. The summed E-state index contributed by atoms with van der Waals surface area (Å²) in [5, 5.41) is 3.42. The molecular weight excluding hydrogens is 356 g/mol. The van der Waals surface area contributed by atoms with Crippen LogP contribution in [0.5, 0.6) is 0 Å². The second kappa shape index (κ2) is 8.60. The first kappa shape index (κ1) is 18.7. The van der Waals surface area contributed by atoms with Crippen molar-refractivity contribution in [1.29, 1.82) is 0 Å². The molecule has 2 N–H and O–H groups in total. The number of amides is 1. The minimum absolute atomic E-state index is 0.144. The molecule has 2 aliphatic rings. The van der Waals surface area contributed by atoms with E-state index in [9.17, 15) is 4.79 Å². The zero-order valence-electron chi connectivity index (χ0n) is 16.4. The Bertz CT molecular complexity index is 801. The summed E-state index contributed by atoms with van der Waals surface area (Å²) >= 11 is 0. The number of hydrogen-bond acceptors (Lipinski definition) is 4. The highest BCUT2D eigenvalue weighted by Crippen LogP contribution is 2.16. The zero-order valence-corrected chi connectivity index (χ0v) is 16.4. The van der Waals surface area contributed by atoms with Crippen LogP contribution in [-0.4, -0.2) is 84.1 Å². The predicted molar refractivity (Wildman–Crippen MR) is 108 cm³/mol. The highest BCUT2D eigenvalue weighted by atomic mass is 16.5. The second-order valence-corrected chi connectivity index (χ2v) is 7.24. The lowest BCUT2D eigenvalue weighted by Gasteiger charge is -2.37. The number of benzene rings is 1. The highest BCUT2D eigenvalue weighted by molar-refractivity contribution is 5.83. The SMILES string of the molecule is CN=C(NCCc1nc2ccccc2[nH]1)N1CCN(C(=O)C2CCCO2)CC1. The molecule has 8 heteroatoms. The number of imidazole rings is 1. The quantitative estimate of drug-likeness (QED) is 0.607. The van der Waals surface area contributed by atoms with Crippen molar-refractivity contribution in [3.05, 3.63) is 30.1 Å². The van der Waals surface area contributed by atoms with Crippen LogP contribution in [0.25, 0.3) is 11.0 Å². The Balaban J connectivity index is 1.25. The number of ether oxygens (including phenoxy) is 1. The number of carbonyl (C=O) groups excluding carboxylic acids is 1. The van der Waals surface area contributed by atoms with Gasteiger partial charge in [0.2, 0.25) is 0 Å². The van der Waals surface area contributed by atoms with Crippen molar-refractivity contribution >= 4 is 22.9 Å². The second-order valence-electron chi connectivity index (χ2n) is 7.24. The number of aliphatic imine (C=N–C) groups is 1. The number of guanidine groups is 1. The first-order valence-electron chi connectivity index (χ1n) is 10.0. The van der Waals surface area contributed by atoms with Crippen LogP contribution in [0.3, 0.4) is 0 Å². The average molecular weight is 384 g/mol. The van der Waals surface area contributed by atoms with E-state index >= 15 is 0 Å². The van der Waals surface area contributed by atoms with Gasteiger partial charge in [0.05, 0.1) is 11.0 Å². The topological polar surface area (TPSA) is 85.9 Å². The van der Waals surface area contributed by atoms with Crippen molar-refractivity contribution in [2.24, 2.45) is 4.99 Å². The molecule has 1 aromatic carbocycles. The Labute approximate surface area is 165 Å². The maximum Gasteiger partial charge on any atom is 0.251 e. The summed E-state index contributed by atoms with van der Waals surface area (Å²) < 4.78 is 5.53. The van der Waals surface area contributed by atoms with E-state index in [2.05, 4.69) is 25.2 Å². The van der Waals surface area contributed by atoms with Crippen LogP contribution in [-0.2, 0) is 16.0 Å². The van der Waals surface area contributed by atoms with E-state index in [1.807, 2.05) is 29.2 Å². The summed E-state index contributed by atoms with van der Waals surface area (Å²) in [6, 6.07) is 8.05. The lowest BCUT2D eigenvalue weighted by molar-refractivity contribution is -0.142. The van der Waals surface area contributed by atoms with E-state index in [0.717, 1.165) is 61.7 Å².